The molecule has 1 fully saturated rings. The van der Waals surface area contributed by atoms with Crippen LogP contribution in [0.25, 0.3) is 0 Å². The Balaban J connectivity index is 2.32. The highest BCUT2D eigenvalue weighted by Gasteiger charge is 2.18. The highest BCUT2D eigenvalue weighted by atomic mass is 15.3. The zero-order valence-corrected chi connectivity index (χ0v) is 10.4. The second-order valence-corrected chi connectivity index (χ2v) is 6.04. The van der Waals surface area contributed by atoms with Crippen LogP contribution in [0, 0.1) is 5.92 Å². The van der Waals surface area contributed by atoms with Crippen LogP contribution in [0.3, 0.4) is 0 Å². The van der Waals surface area contributed by atoms with Crippen LogP contribution in [0.1, 0.15) is 51.4 Å². The summed E-state index contributed by atoms with van der Waals surface area (Å²) in [5, 5.41) is 0. The molecule has 0 amide bonds. The van der Waals surface area contributed by atoms with Gasteiger partial charge in [-0.05, 0) is 12.8 Å². The molecule has 0 saturated heterocycles. The molecule has 0 bridgehead atoms. The molecule has 1 heteroatoms. The molecule has 0 unspecified atom stereocenters. The predicted molar refractivity (Wildman–Crippen MR) is 63.3 cm³/mol. The Bertz CT molecular complexity index is 136. The molecule has 1 aliphatic rings. The summed E-state index contributed by atoms with van der Waals surface area (Å²) in [7, 11) is 6.98. The molecule has 0 aromatic heterocycles. The van der Waals surface area contributed by atoms with Crippen LogP contribution in [0.4, 0.5) is 0 Å². The van der Waals surface area contributed by atoms with Crippen molar-refractivity contribution < 1.29 is 4.48 Å². The first kappa shape index (κ1) is 12.0. The zero-order valence-electron chi connectivity index (χ0n) is 10.4. The summed E-state index contributed by atoms with van der Waals surface area (Å²) >= 11 is 0. The minimum atomic E-state index is 0.994. The van der Waals surface area contributed by atoms with Crippen molar-refractivity contribution in [1.29, 1.82) is 0 Å². The lowest BCUT2D eigenvalue weighted by atomic mass is 9.96. The van der Waals surface area contributed by atoms with E-state index in [0.29, 0.717) is 0 Å². The monoisotopic (exact) mass is 198 g/mol. The standard InChI is InChI=1S/C13H28N/c1-14(2,3)12-13-10-8-6-4-5-7-9-11-13/h13H,4-12H2,1-3H3/q+1. The van der Waals surface area contributed by atoms with Crippen LogP contribution < -0.4 is 0 Å². The highest BCUT2D eigenvalue weighted by molar-refractivity contribution is 4.62. The number of hydrogen-bond acceptors (Lipinski definition) is 0. The van der Waals surface area contributed by atoms with Gasteiger partial charge in [-0.1, -0.05) is 38.5 Å². The molecular weight excluding hydrogens is 170 g/mol. The lowest BCUT2D eigenvalue weighted by Crippen LogP contribution is -2.39. The molecule has 0 aromatic carbocycles. The molecule has 0 N–H and O–H groups in total. The molecule has 1 aliphatic carbocycles. The predicted octanol–water partition coefficient (Wildman–Crippen LogP) is 3.44. The first-order valence-electron chi connectivity index (χ1n) is 6.38. The van der Waals surface area contributed by atoms with Gasteiger partial charge in [-0.15, -0.1) is 0 Å². The first-order chi connectivity index (χ1) is 6.58. The van der Waals surface area contributed by atoms with Crippen molar-refractivity contribution in [2.45, 2.75) is 51.4 Å². The molecule has 14 heavy (non-hydrogen) atoms. The third kappa shape index (κ3) is 5.64. The maximum atomic E-state index is 2.33. The molecule has 0 atom stereocenters. The topological polar surface area (TPSA) is 0 Å². The fraction of sp³-hybridized carbons (Fsp3) is 1.00. The van der Waals surface area contributed by atoms with E-state index < -0.39 is 0 Å². The maximum Gasteiger partial charge on any atom is 0.0809 e. The summed E-state index contributed by atoms with van der Waals surface area (Å²) in [5.41, 5.74) is 0. The Labute approximate surface area is 90.1 Å². The number of nitrogens with zero attached hydrogens (tertiary/aromatic N) is 1. The van der Waals surface area contributed by atoms with E-state index in [1.807, 2.05) is 0 Å². The van der Waals surface area contributed by atoms with Gasteiger partial charge < -0.3 is 4.48 Å². The lowest BCUT2D eigenvalue weighted by molar-refractivity contribution is -0.874. The molecular formula is C13H28N+. The smallest absolute Gasteiger partial charge is 0.0809 e. The number of hydrogen-bond donors (Lipinski definition) is 0. The fourth-order valence-corrected chi connectivity index (χ4v) is 2.67. The molecule has 1 nitrogen and oxygen atoms in total. The van der Waals surface area contributed by atoms with Crippen molar-refractivity contribution in [3.8, 4) is 0 Å². The quantitative estimate of drug-likeness (QED) is 0.596. The van der Waals surface area contributed by atoms with Crippen LogP contribution in [0.2, 0.25) is 0 Å². The Morgan fingerprint density at radius 3 is 1.64 bits per heavy atom. The van der Waals surface area contributed by atoms with Gasteiger partial charge in [0.2, 0.25) is 0 Å². The Hall–Kier alpha value is -0.0400. The van der Waals surface area contributed by atoms with Crippen LogP contribution in [-0.4, -0.2) is 32.2 Å². The minimum Gasteiger partial charge on any atom is -0.331 e. The van der Waals surface area contributed by atoms with Crippen LogP contribution in [0.15, 0.2) is 0 Å². The molecule has 84 valence electrons. The fourth-order valence-electron chi connectivity index (χ4n) is 2.67. The summed E-state index contributed by atoms with van der Waals surface area (Å²) in [5.74, 6) is 0.994. The van der Waals surface area contributed by atoms with Gasteiger partial charge in [0.15, 0.2) is 0 Å². The second kappa shape index (κ2) is 5.75. The number of rotatable bonds is 2. The third-order valence-corrected chi connectivity index (χ3v) is 3.28. The van der Waals surface area contributed by atoms with Crippen molar-refractivity contribution >= 4 is 0 Å². The van der Waals surface area contributed by atoms with Gasteiger partial charge in [0, 0.05) is 5.92 Å². The van der Waals surface area contributed by atoms with E-state index in [-0.39, 0.29) is 0 Å². The second-order valence-electron chi connectivity index (χ2n) is 6.04. The van der Waals surface area contributed by atoms with Crippen molar-refractivity contribution in [2.24, 2.45) is 5.92 Å². The van der Waals surface area contributed by atoms with E-state index in [4.69, 9.17) is 0 Å². The Morgan fingerprint density at radius 2 is 1.21 bits per heavy atom. The van der Waals surface area contributed by atoms with E-state index >= 15 is 0 Å². The molecule has 0 spiro atoms. The van der Waals surface area contributed by atoms with Gasteiger partial charge >= 0.3 is 0 Å². The molecule has 0 aromatic rings. The van der Waals surface area contributed by atoms with E-state index in [1.165, 1.54) is 57.9 Å². The van der Waals surface area contributed by atoms with Gasteiger partial charge in [0.05, 0.1) is 27.7 Å². The minimum absolute atomic E-state index is 0.994. The van der Waals surface area contributed by atoms with Gasteiger partial charge in [-0.2, -0.15) is 0 Å². The van der Waals surface area contributed by atoms with E-state index in [0.717, 1.165) is 10.4 Å². The van der Waals surface area contributed by atoms with Gasteiger partial charge in [-0.3, -0.25) is 0 Å². The van der Waals surface area contributed by atoms with Crippen molar-refractivity contribution in [1.82, 2.24) is 0 Å². The van der Waals surface area contributed by atoms with E-state index in [1.54, 1.807) is 0 Å². The lowest BCUT2D eigenvalue weighted by Gasteiger charge is -2.29. The van der Waals surface area contributed by atoms with Gasteiger partial charge in [-0.25, -0.2) is 0 Å². The largest absolute Gasteiger partial charge is 0.331 e. The molecule has 0 heterocycles. The summed E-state index contributed by atoms with van der Waals surface area (Å²) in [6.07, 6.45) is 11.8. The summed E-state index contributed by atoms with van der Waals surface area (Å²) in [4.78, 5) is 0. The summed E-state index contributed by atoms with van der Waals surface area (Å²) < 4.78 is 1.14. The van der Waals surface area contributed by atoms with Crippen molar-refractivity contribution in [3.63, 3.8) is 0 Å². The van der Waals surface area contributed by atoms with Crippen LogP contribution in [-0.2, 0) is 0 Å². The molecule has 1 rings (SSSR count). The summed E-state index contributed by atoms with van der Waals surface area (Å²) in [6.45, 7) is 1.38. The van der Waals surface area contributed by atoms with E-state index in [2.05, 4.69) is 21.1 Å². The summed E-state index contributed by atoms with van der Waals surface area (Å²) in [6, 6.07) is 0. The van der Waals surface area contributed by atoms with Crippen LogP contribution in [0.5, 0.6) is 0 Å². The van der Waals surface area contributed by atoms with Gasteiger partial charge in [0.25, 0.3) is 0 Å². The molecule has 1 saturated carbocycles. The Kier molecular flexibility index (Phi) is 4.94. The Morgan fingerprint density at radius 1 is 0.786 bits per heavy atom. The average Bonchev–Trinajstić information content (AvgIpc) is 2.15. The normalized spacial score (nSPS) is 22.5. The average molecular weight is 198 g/mol. The zero-order chi connectivity index (χ0) is 10.4. The van der Waals surface area contributed by atoms with E-state index in [9.17, 15) is 0 Å². The maximum absolute atomic E-state index is 2.33. The number of quaternary nitrogens is 1. The molecule has 0 aliphatic heterocycles. The highest BCUT2D eigenvalue weighted by Crippen LogP contribution is 2.23. The van der Waals surface area contributed by atoms with Crippen molar-refractivity contribution in [3.05, 3.63) is 0 Å². The first-order valence-corrected chi connectivity index (χ1v) is 6.38. The SMILES string of the molecule is C[N+](C)(C)CC1CCCCCCCC1. The molecule has 0 radical (unpaired) electrons. The van der Waals surface area contributed by atoms with Crippen molar-refractivity contribution in [2.75, 3.05) is 27.7 Å². The van der Waals surface area contributed by atoms with Crippen LogP contribution >= 0.6 is 0 Å². The third-order valence-electron chi connectivity index (χ3n) is 3.28. The van der Waals surface area contributed by atoms with Gasteiger partial charge in [0.1, 0.15) is 0 Å².